The van der Waals surface area contributed by atoms with Gasteiger partial charge in [0.05, 0.1) is 0 Å². The molecular weight excluding hydrogens is 462 g/mol. The van der Waals surface area contributed by atoms with Crippen LogP contribution in [0.5, 0.6) is 0 Å². The molecule has 2 aliphatic rings. The first-order valence-corrected chi connectivity index (χ1v) is 12.4. The summed E-state index contributed by atoms with van der Waals surface area (Å²) >= 11 is 6.08. The van der Waals surface area contributed by atoms with Crippen molar-refractivity contribution in [2.45, 2.75) is 45.4 Å². The first kappa shape index (κ1) is 26.5. The van der Waals surface area contributed by atoms with E-state index in [0.717, 1.165) is 35.1 Å². The smallest absolute Gasteiger partial charge is 0.254 e. The molecule has 0 aromatic heterocycles. The maximum absolute atomic E-state index is 13.3. The van der Waals surface area contributed by atoms with Crippen LogP contribution in [-0.2, 0) is 15.0 Å². The average Bonchev–Trinajstić information content (AvgIpc) is 2.88. The third-order valence-electron chi connectivity index (χ3n) is 6.94. The van der Waals surface area contributed by atoms with Crippen LogP contribution in [0.3, 0.4) is 0 Å². The van der Waals surface area contributed by atoms with Crippen LogP contribution in [0.25, 0.3) is 5.57 Å². The Morgan fingerprint density at radius 3 is 2.43 bits per heavy atom. The van der Waals surface area contributed by atoms with Gasteiger partial charge in [-0.05, 0) is 61.6 Å². The summed E-state index contributed by atoms with van der Waals surface area (Å²) in [5.74, 6) is 0.148. The number of nitrogens with one attached hydrogen (secondary N) is 2. The van der Waals surface area contributed by atoms with E-state index in [2.05, 4.69) is 16.7 Å². The molecule has 3 amide bonds. The highest BCUT2D eigenvalue weighted by atomic mass is 35.5. The van der Waals surface area contributed by atoms with Crippen LogP contribution in [0.2, 0.25) is 5.02 Å². The summed E-state index contributed by atoms with van der Waals surface area (Å²) in [7, 11) is 1.63. The highest BCUT2D eigenvalue weighted by Crippen LogP contribution is 2.39. The molecule has 186 valence electrons. The molecule has 0 saturated carbocycles. The molecule has 7 heteroatoms. The number of likely N-dealkylation sites (tertiary alicyclic amines) is 1. The quantitative estimate of drug-likeness (QED) is 0.615. The van der Waals surface area contributed by atoms with Crippen molar-refractivity contribution in [2.24, 2.45) is 0 Å². The van der Waals surface area contributed by atoms with Gasteiger partial charge in [-0.25, -0.2) is 0 Å². The van der Waals surface area contributed by atoms with E-state index in [4.69, 9.17) is 11.6 Å². The summed E-state index contributed by atoms with van der Waals surface area (Å²) in [6.07, 6.45) is 4.15. The van der Waals surface area contributed by atoms with E-state index in [9.17, 15) is 14.4 Å². The summed E-state index contributed by atoms with van der Waals surface area (Å²) in [6, 6.07) is 13.5. The van der Waals surface area contributed by atoms with Gasteiger partial charge in [0.25, 0.3) is 11.8 Å². The lowest BCUT2D eigenvalue weighted by atomic mass is 9.69. The molecule has 0 atom stereocenters. The lowest BCUT2D eigenvalue weighted by Gasteiger charge is -2.45. The maximum Gasteiger partial charge on any atom is 0.254 e. The molecular formula is C28H34ClN3O3. The molecule has 1 spiro atoms. The van der Waals surface area contributed by atoms with Crippen molar-refractivity contribution in [3.63, 3.8) is 0 Å². The van der Waals surface area contributed by atoms with Crippen LogP contribution in [0.4, 0.5) is 0 Å². The fourth-order valence-electron chi connectivity index (χ4n) is 4.84. The van der Waals surface area contributed by atoms with Crippen LogP contribution in [0, 0.1) is 6.92 Å². The summed E-state index contributed by atoms with van der Waals surface area (Å²) < 4.78 is 0. The Balaban J connectivity index is 0.000000509. The van der Waals surface area contributed by atoms with Crippen molar-refractivity contribution in [2.75, 3.05) is 26.7 Å². The maximum atomic E-state index is 13.3. The SMILES string of the molecule is C/C=C(/C(=O)N1CCC2(CC1)CNC(=O)c1ccccc12)c1ccc(Cl)cc1C.CCC(=O)NC. The summed E-state index contributed by atoms with van der Waals surface area (Å²) in [4.78, 5) is 37.5. The van der Waals surface area contributed by atoms with Gasteiger partial charge in [0.1, 0.15) is 0 Å². The number of halogens is 1. The van der Waals surface area contributed by atoms with Crippen LogP contribution in [0.1, 0.15) is 60.2 Å². The monoisotopic (exact) mass is 495 g/mol. The Kier molecular flexibility index (Phi) is 8.73. The van der Waals surface area contributed by atoms with E-state index in [1.54, 1.807) is 7.05 Å². The van der Waals surface area contributed by atoms with Crippen molar-refractivity contribution in [1.29, 1.82) is 0 Å². The molecule has 2 heterocycles. The molecule has 0 aliphatic carbocycles. The largest absolute Gasteiger partial charge is 0.359 e. The van der Waals surface area contributed by atoms with E-state index in [-0.39, 0.29) is 23.1 Å². The van der Waals surface area contributed by atoms with Crippen molar-refractivity contribution in [1.82, 2.24) is 15.5 Å². The van der Waals surface area contributed by atoms with Gasteiger partial charge in [-0.2, -0.15) is 0 Å². The van der Waals surface area contributed by atoms with Gasteiger partial charge in [-0.1, -0.05) is 48.9 Å². The second-order valence-corrected chi connectivity index (χ2v) is 9.43. The van der Waals surface area contributed by atoms with Gasteiger partial charge in [0.15, 0.2) is 0 Å². The van der Waals surface area contributed by atoms with Crippen LogP contribution in [0.15, 0.2) is 48.5 Å². The first-order chi connectivity index (χ1) is 16.8. The Bertz CT molecular complexity index is 1130. The van der Waals surface area contributed by atoms with E-state index in [1.165, 1.54) is 0 Å². The van der Waals surface area contributed by atoms with Gasteiger partial charge < -0.3 is 15.5 Å². The number of hydrogen-bond acceptors (Lipinski definition) is 3. The number of carbonyl (C=O) groups is 3. The Morgan fingerprint density at radius 1 is 1.17 bits per heavy atom. The van der Waals surface area contributed by atoms with Gasteiger partial charge in [-0.3, -0.25) is 14.4 Å². The Morgan fingerprint density at radius 2 is 1.86 bits per heavy atom. The molecule has 0 bridgehead atoms. The normalized spacial score (nSPS) is 16.5. The lowest BCUT2D eigenvalue weighted by molar-refractivity contribution is -0.126. The van der Waals surface area contributed by atoms with Crippen molar-refractivity contribution in [3.8, 4) is 0 Å². The van der Waals surface area contributed by atoms with E-state index in [0.29, 0.717) is 36.7 Å². The average molecular weight is 496 g/mol. The summed E-state index contributed by atoms with van der Waals surface area (Å²) in [6.45, 7) is 7.68. The minimum Gasteiger partial charge on any atom is -0.359 e. The fraction of sp³-hybridized carbons (Fsp3) is 0.393. The van der Waals surface area contributed by atoms with Crippen LogP contribution < -0.4 is 10.6 Å². The predicted octanol–water partition coefficient (Wildman–Crippen LogP) is 4.50. The first-order valence-electron chi connectivity index (χ1n) is 12.1. The molecule has 6 nitrogen and oxygen atoms in total. The molecule has 2 aromatic rings. The molecule has 0 radical (unpaired) electrons. The minimum atomic E-state index is -0.0897. The van der Waals surface area contributed by atoms with Crippen molar-refractivity contribution < 1.29 is 14.4 Å². The Labute approximate surface area is 212 Å². The third kappa shape index (κ3) is 5.76. The molecule has 2 aliphatic heterocycles. The molecule has 35 heavy (non-hydrogen) atoms. The van der Waals surface area contributed by atoms with Gasteiger partial charge in [0.2, 0.25) is 5.91 Å². The highest BCUT2D eigenvalue weighted by Gasteiger charge is 2.42. The van der Waals surface area contributed by atoms with Gasteiger partial charge in [-0.15, -0.1) is 0 Å². The topological polar surface area (TPSA) is 78.5 Å². The number of hydrogen-bond donors (Lipinski definition) is 2. The minimum absolute atomic E-state index is 0.000790. The van der Waals surface area contributed by atoms with E-state index < -0.39 is 0 Å². The molecule has 1 saturated heterocycles. The summed E-state index contributed by atoms with van der Waals surface area (Å²) in [5, 5.41) is 6.20. The Hall–Kier alpha value is -3.12. The van der Waals surface area contributed by atoms with Crippen LogP contribution in [-0.4, -0.2) is 49.3 Å². The zero-order valence-electron chi connectivity index (χ0n) is 20.9. The van der Waals surface area contributed by atoms with E-state index in [1.807, 2.05) is 68.1 Å². The van der Waals surface area contributed by atoms with Crippen molar-refractivity contribution in [3.05, 3.63) is 75.8 Å². The number of benzene rings is 2. The number of rotatable bonds is 3. The molecule has 2 N–H and O–H groups in total. The predicted molar refractivity (Wildman–Crippen MR) is 140 cm³/mol. The van der Waals surface area contributed by atoms with Crippen molar-refractivity contribution >= 4 is 34.9 Å². The number of aryl methyl sites for hydroxylation is 1. The number of allylic oxidation sites excluding steroid dienone is 1. The molecule has 1 fully saturated rings. The molecule has 4 rings (SSSR count). The lowest BCUT2D eigenvalue weighted by Crippen LogP contribution is -2.53. The number of nitrogens with zero attached hydrogens (tertiary/aromatic N) is 1. The number of amides is 3. The van der Waals surface area contributed by atoms with Gasteiger partial charge >= 0.3 is 0 Å². The zero-order chi connectivity index (χ0) is 25.6. The van der Waals surface area contributed by atoms with Gasteiger partial charge in [0, 0.05) is 54.7 Å². The zero-order valence-corrected chi connectivity index (χ0v) is 21.7. The molecule has 0 unspecified atom stereocenters. The number of fused-ring (bicyclic) bond motifs is 2. The fourth-order valence-corrected chi connectivity index (χ4v) is 5.06. The molecule has 2 aromatic carbocycles. The standard InChI is InChI=1S/C24H25ClN2O2.C4H9NO/c1-3-18(19-9-8-17(25)14-16(19)2)23(29)27-12-10-24(11-13-27)15-26-22(28)20-6-4-5-7-21(20)24;1-3-4(6)5-2/h3-9,14H,10-13,15H2,1-2H3,(H,26,28);3H2,1-2H3,(H,5,6)/b18-3+;. The third-order valence-corrected chi connectivity index (χ3v) is 7.17. The number of carbonyl (C=O) groups excluding carboxylic acids is 3. The summed E-state index contributed by atoms with van der Waals surface area (Å²) in [5.41, 5.74) is 4.44. The second kappa shape index (κ2) is 11.5. The van der Waals surface area contributed by atoms with E-state index >= 15 is 0 Å². The van der Waals surface area contributed by atoms with Crippen LogP contribution >= 0.6 is 11.6 Å². The second-order valence-electron chi connectivity index (χ2n) is 8.99. The highest BCUT2D eigenvalue weighted by molar-refractivity contribution is 6.31. The number of piperidine rings is 1.